The van der Waals surface area contributed by atoms with Crippen LogP contribution in [0.3, 0.4) is 0 Å². The van der Waals surface area contributed by atoms with Crippen molar-refractivity contribution in [3.8, 4) is 12.3 Å². The molecule has 4 heteroatoms. The van der Waals surface area contributed by atoms with Crippen molar-refractivity contribution in [3.05, 3.63) is 22.3 Å². The Morgan fingerprint density at radius 2 is 2.47 bits per heavy atom. The molecule has 1 aromatic heterocycles. The van der Waals surface area contributed by atoms with Gasteiger partial charge in [-0.05, 0) is 34.5 Å². The molecule has 0 saturated heterocycles. The highest BCUT2D eigenvalue weighted by atomic mass is 79.9. The smallest absolute Gasteiger partial charge is 0.226 e. The molecule has 0 spiro atoms. The molecule has 1 aromatic rings. The van der Waals surface area contributed by atoms with Crippen LogP contribution in [-0.2, 0) is 4.79 Å². The van der Waals surface area contributed by atoms with Gasteiger partial charge in [-0.15, -0.1) is 12.3 Å². The summed E-state index contributed by atoms with van der Waals surface area (Å²) in [5, 5.41) is 2.71. The molecule has 0 radical (unpaired) electrons. The Labute approximate surface area is 97.4 Å². The third-order valence-electron chi connectivity index (χ3n) is 1.80. The summed E-state index contributed by atoms with van der Waals surface area (Å²) in [7, 11) is 0. The number of nitrogens with zero attached hydrogens (tertiary/aromatic N) is 1. The van der Waals surface area contributed by atoms with Crippen molar-refractivity contribution < 1.29 is 4.79 Å². The fourth-order valence-corrected chi connectivity index (χ4v) is 1.50. The summed E-state index contributed by atoms with van der Waals surface area (Å²) in [4.78, 5) is 15.4. The van der Waals surface area contributed by atoms with Gasteiger partial charge in [-0.25, -0.2) is 4.98 Å². The number of carbonyl (C=O) groups is 1. The molecule has 0 bridgehead atoms. The average Bonchev–Trinajstić information content (AvgIpc) is 2.19. The first-order chi connectivity index (χ1) is 7.13. The zero-order valence-electron chi connectivity index (χ0n) is 8.38. The molecule has 0 saturated carbocycles. The molecule has 15 heavy (non-hydrogen) atoms. The van der Waals surface area contributed by atoms with E-state index in [4.69, 9.17) is 6.42 Å². The normalized spacial score (nSPS) is 9.40. The van der Waals surface area contributed by atoms with E-state index in [0.717, 1.165) is 10.0 Å². The lowest BCUT2D eigenvalue weighted by Gasteiger charge is -2.06. The third kappa shape index (κ3) is 3.72. The van der Waals surface area contributed by atoms with E-state index in [9.17, 15) is 4.79 Å². The molecule has 1 N–H and O–H groups in total. The van der Waals surface area contributed by atoms with Gasteiger partial charge in [0.1, 0.15) is 5.82 Å². The molecule has 3 nitrogen and oxygen atoms in total. The van der Waals surface area contributed by atoms with Gasteiger partial charge in [-0.1, -0.05) is 0 Å². The van der Waals surface area contributed by atoms with Gasteiger partial charge in [0.2, 0.25) is 5.91 Å². The Hall–Kier alpha value is -1.34. The van der Waals surface area contributed by atoms with E-state index in [-0.39, 0.29) is 5.91 Å². The maximum atomic E-state index is 11.4. The number of nitrogens with one attached hydrogen (secondary N) is 1. The number of pyridine rings is 1. The van der Waals surface area contributed by atoms with E-state index in [2.05, 4.69) is 32.2 Å². The number of amides is 1. The van der Waals surface area contributed by atoms with Crippen LogP contribution in [0.25, 0.3) is 0 Å². The van der Waals surface area contributed by atoms with Crippen LogP contribution in [-0.4, -0.2) is 10.9 Å². The number of carbonyl (C=O) groups excluding carboxylic acids is 1. The zero-order chi connectivity index (χ0) is 11.3. The molecule has 1 amide bonds. The van der Waals surface area contributed by atoms with Gasteiger partial charge in [0.25, 0.3) is 0 Å². The van der Waals surface area contributed by atoms with Gasteiger partial charge in [0.05, 0.1) is 0 Å². The Bertz CT molecular complexity index is 410. The summed E-state index contributed by atoms with van der Waals surface area (Å²) < 4.78 is 0.890. The minimum Gasteiger partial charge on any atom is -0.310 e. The van der Waals surface area contributed by atoms with Gasteiger partial charge in [0.15, 0.2) is 0 Å². The first kappa shape index (κ1) is 11.7. The van der Waals surface area contributed by atoms with Crippen molar-refractivity contribution in [2.75, 3.05) is 5.32 Å². The second-order valence-electron chi connectivity index (χ2n) is 3.07. The summed E-state index contributed by atoms with van der Waals surface area (Å²) in [6.07, 6.45) is 7.48. The molecule has 0 aromatic carbocycles. The lowest BCUT2D eigenvalue weighted by Crippen LogP contribution is -2.12. The summed E-state index contributed by atoms with van der Waals surface area (Å²) in [5.41, 5.74) is 0.915. The first-order valence-corrected chi connectivity index (χ1v) is 5.28. The molecule has 0 fully saturated rings. The van der Waals surface area contributed by atoms with Crippen LogP contribution in [0.1, 0.15) is 18.4 Å². The highest BCUT2D eigenvalue weighted by Crippen LogP contribution is 2.16. The van der Waals surface area contributed by atoms with Gasteiger partial charge in [-0.3, -0.25) is 4.79 Å². The van der Waals surface area contributed by atoms with Gasteiger partial charge >= 0.3 is 0 Å². The highest BCUT2D eigenvalue weighted by Gasteiger charge is 2.05. The fourth-order valence-electron chi connectivity index (χ4n) is 1.05. The van der Waals surface area contributed by atoms with Crippen molar-refractivity contribution in [2.45, 2.75) is 19.8 Å². The summed E-state index contributed by atoms with van der Waals surface area (Å²) in [6.45, 7) is 1.88. The van der Waals surface area contributed by atoms with Gasteiger partial charge in [0, 0.05) is 23.5 Å². The minimum absolute atomic E-state index is 0.106. The second-order valence-corrected chi connectivity index (χ2v) is 3.99. The third-order valence-corrected chi connectivity index (χ3v) is 2.23. The highest BCUT2D eigenvalue weighted by molar-refractivity contribution is 9.10. The molecule has 0 atom stereocenters. The number of anilines is 1. The maximum Gasteiger partial charge on any atom is 0.226 e. The Kier molecular flexibility index (Phi) is 4.32. The van der Waals surface area contributed by atoms with Crippen LogP contribution in [0, 0.1) is 19.3 Å². The standard InChI is InChI=1S/C11H11BrN2O/c1-3-4-5-10(15)14-11-8(2)6-9(12)7-13-11/h1,6-7H,4-5H2,2H3,(H,13,14,15). The molecule has 0 aliphatic carbocycles. The molecule has 1 heterocycles. The molecular formula is C11H11BrN2O. The Balaban J connectivity index is 2.65. The predicted octanol–water partition coefficient (Wildman–Crippen LogP) is 2.50. The van der Waals surface area contributed by atoms with Crippen molar-refractivity contribution in [1.82, 2.24) is 4.98 Å². The van der Waals surface area contributed by atoms with E-state index in [1.165, 1.54) is 0 Å². The molecular weight excluding hydrogens is 256 g/mol. The van der Waals surface area contributed by atoms with Crippen LogP contribution >= 0.6 is 15.9 Å². The van der Waals surface area contributed by atoms with E-state index in [0.29, 0.717) is 18.7 Å². The van der Waals surface area contributed by atoms with Crippen LogP contribution in [0.5, 0.6) is 0 Å². The van der Waals surface area contributed by atoms with E-state index >= 15 is 0 Å². The molecule has 1 rings (SSSR count). The lowest BCUT2D eigenvalue weighted by molar-refractivity contribution is -0.116. The summed E-state index contributed by atoms with van der Waals surface area (Å²) >= 11 is 3.30. The van der Waals surface area contributed by atoms with Crippen molar-refractivity contribution in [2.24, 2.45) is 0 Å². The molecule has 0 aliphatic rings. The quantitative estimate of drug-likeness (QED) is 0.855. The monoisotopic (exact) mass is 266 g/mol. The fraction of sp³-hybridized carbons (Fsp3) is 0.273. The average molecular weight is 267 g/mol. The van der Waals surface area contributed by atoms with Gasteiger partial charge < -0.3 is 5.32 Å². The number of rotatable bonds is 3. The number of hydrogen-bond acceptors (Lipinski definition) is 2. The SMILES string of the molecule is C#CCCC(=O)Nc1ncc(Br)cc1C. The number of terminal acetylenes is 1. The Morgan fingerprint density at radius 3 is 3.07 bits per heavy atom. The Morgan fingerprint density at radius 1 is 1.73 bits per heavy atom. The van der Waals surface area contributed by atoms with Crippen LogP contribution in [0.15, 0.2) is 16.7 Å². The zero-order valence-corrected chi connectivity index (χ0v) is 9.97. The van der Waals surface area contributed by atoms with Crippen molar-refractivity contribution in [1.29, 1.82) is 0 Å². The molecule has 78 valence electrons. The molecule has 0 unspecified atom stereocenters. The summed E-state index contributed by atoms with van der Waals surface area (Å²) in [5.74, 6) is 2.90. The number of aryl methyl sites for hydroxylation is 1. The summed E-state index contributed by atoms with van der Waals surface area (Å²) in [6, 6.07) is 1.89. The van der Waals surface area contributed by atoms with Gasteiger partial charge in [-0.2, -0.15) is 0 Å². The topological polar surface area (TPSA) is 42.0 Å². The first-order valence-electron chi connectivity index (χ1n) is 4.49. The molecule has 0 aliphatic heterocycles. The number of halogens is 1. The van der Waals surface area contributed by atoms with E-state index in [1.807, 2.05) is 13.0 Å². The van der Waals surface area contributed by atoms with Crippen molar-refractivity contribution in [3.63, 3.8) is 0 Å². The largest absolute Gasteiger partial charge is 0.310 e. The lowest BCUT2D eigenvalue weighted by atomic mass is 10.2. The van der Waals surface area contributed by atoms with Crippen LogP contribution in [0.2, 0.25) is 0 Å². The minimum atomic E-state index is -0.106. The maximum absolute atomic E-state index is 11.4. The van der Waals surface area contributed by atoms with Crippen LogP contribution < -0.4 is 5.32 Å². The van der Waals surface area contributed by atoms with Crippen molar-refractivity contribution >= 4 is 27.7 Å². The second kappa shape index (κ2) is 5.52. The van der Waals surface area contributed by atoms with E-state index < -0.39 is 0 Å². The van der Waals surface area contributed by atoms with Crippen LogP contribution in [0.4, 0.5) is 5.82 Å². The predicted molar refractivity (Wildman–Crippen MR) is 63.4 cm³/mol. The number of hydrogen-bond donors (Lipinski definition) is 1. The van der Waals surface area contributed by atoms with E-state index in [1.54, 1.807) is 6.20 Å². The number of aromatic nitrogens is 1.